The number of fused-ring (bicyclic) bond motifs is 1. The highest BCUT2D eigenvalue weighted by Crippen LogP contribution is 2.30. The molecular formula is C15H16N2OS. The molecule has 0 aromatic carbocycles. The van der Waals surface area contributed by atoms with Gasteiger partial charge in [0, 0.05) is 16.5 Å². The van der Waals surface area contributed by atoms with Crippen LogP contribution >= 0.6 is 11.3 Å². The number of hydrogen-bond acceptors (Lipinski definition) is 3. The van der Waals surface area contributed by atoms with E-state index in [1.165, 1.54) is 23.3 Å². The van der Waals surface area contributed by atoms with Crippen molar-refractivity contribution in [2.75, 3.05) is 5.32 Å². The number of thiophene rings is 1. The minimum Gasteiger partial charge on any atom is -0.307 e. The fourth-order valence-electron chi connectivity index (χ4n) is 2.47. The van der Waals surface area contributed by atoms with Gasteiger partial charge < -0.3 is 5.32 Å². The molecule has 1 amide bonds. The van der Waals surface area contributed by atoms with Gasteiger partial charge in [-0.2, -0.15) is 0 Å². The van der Waals surface area contributed by atoms with E-state index in [1.807, 2.05) is 24.4 Å². The first-order valence-corrected chi connectivity index (χ1v) is 7.45. The van der Waals surface area contributed by atoms with Gasteiger partial charge in [0.1, 0.15) is 5.82 Å². The molecule has 1 aliphatic rings. The van der Waals surface area contributed by atoms with Crippen LogP contribution in [0.3, 0.4) is 0 Å². The van der Waals surface area contributed by atoms with Gasteiger partial charge in [-0.1, -0.05) is 0 Å². The molecule has 0 saturated heterocycles. The molecule has 1 aliphatic carbocycles. The first-order valence-electron chi connectivity index (χ1n) is 6.57. The van der Waals surface area contributed by atoms with Crippen molar-refractivity contribution >= 4 is 23.1 Å². The van der Waals surface area contributed by atoms with Gasteiger partial charge in [0.25, 0.3) is 5.91 Å². The zero-order valence-corrected chi connectivity index (χ0v) is 11.7. The Labute approximate surface area is 116 Å². The second-order valence-electron chi connectivity index (χ2n) is 4.93. The minimum absolute atomic E-state index is 0.0301. The third-order valence-electron chi connectivity index (χ3n) is 3.46. The summed E-state index contributed by atoms with van der Waals surface area (Å²) in [5.41, 5.74) is 3.18. The van der Waals surface area contributed by atoms with E-state index in [0.717, 1.165) is 24.0 Å². The Kier molecular flexibility index (Phi) is 3.34. The van der Waals surface area contributed by atoms with Crippen LogP contribution in [0, 0.1) is 6.92 Å². The van der Waals surface area contributed by atoms with Crippen LogP contribution in [0.25, 0.3) is 0 Å². The number of aryl methyl sites for hydroxylation is 2. The van der Waals surface area contributed by atoms with Crippen LogP contribution in [-0.2, 0) is 12.8 Å². The molecule has 0 fully saturated rings. The van der Waals surface area contributed by atoms with Crippen molar-refractivity contribution in [3.8, 4) is 0 Å². The molecule has 19 heavy (non-hydrogen) atoms. The summed E-state index contributed by atoms with van der Waals surface area (Å²) in [5, 5.41) is 4.88. The van der Waals surface area contributed by atoms with Gasteiger partial charge >= 0.3 is 0 Å². The van der Waals surface area contributed by atoms with Crippen molar-refractivity contribution < 1.29 is 4.79 Å². The van der Waals surface area contributed by atoms with Crippen molar-refractivity contribution in [1.82, 2.24) is 4.98 Å². The highest BCUT2D eigenvalue weighted by molar-refractivity contribution is 7.10. The van der Waals surface area contributed by atoms with E-state index in [1.54, 1.807) is 17.5 Å². The molecule has 0 aliphatic heterocycles. The lowest BCUT2D eigenvalue weighted by molar-refractivity contribution is 0.102. The van der Waals surface area contributed by atoms with E-state index < -0.39 is 0 Å². The highest BCUT2D eigenvalue weighted by Gasteiger charge is 2.20. The maximum Gasteiger partial charge on any atom is 0.257 e. The molecule has 2 heterocycles. The zero-order chi connectivity index (χ0) is 13.2. The number of nitrogens with zero attached hydrogens (tertiary/aromatic N) is 1. The van der Waals surface area contributed by atoms with Gasteiger partial charge in [-0.25, -0.2) is 4.98 Å². The highest BCUT2D eigenvalue weighted by atomic mass is 32.1. The Morgan fingerprint density at radius 1 is 1.37 bits per heavy atom. The molecule has 0 bridgehead atoms. The van der Waals surface area contributed by atoms with E-state index in [9.17, 15) is 4.79 Å². The smallest absolute Gasteiger partial charge is 0.257 e. The maximum absolute atomic E-state index is 12.3. The topological polar surface area (TPSA) is 42.0 Å². The molecule has 98 valence electrons. The number of rotatable bonds is 2. The molecule has 0 saturated carbocycles. The van der Waals surface area contributed by atoms with Crippen LogP contribution in [0.4, 0.5) is 5.82 Å². The van der Waals surface area contributed by atoms with Gasteiger partial charge in [0.15, 0.2) is 0 Å². The number of carbonyl (C=O) groups is 1. The number of hydrogen-bond donors (Lipinski definition) is 1. The van der Waals surface area contributed by atoms with Crippen LogP contribution in [0.2, 0.25) is 0 Å². The number of nitrogens with one attached hydrogen (secondary N) is 1. The normalized spacial score (nSPS) is 13.9. The van der Waals surface area contributed by atoms with Crippen molar-refractivity contribution in [3.63, 3.8) is 0 Å². The molecule has 0 radical (unpaired) electrons. The van der Waals surface area contributed by atoms with E-state index in [2.05, 4.69) is 10.3 Å². The van der Waals surface area contributed by atoms with Gasteiger partial charge in [-0.05, 0) is 55.9 Å². The average Bonchev–Trinajstić information content (AvgIpc) is 2.82. The summed E-state index contributed by atoms with van der Waals surface area (Å²) in [6.45, 7) is 1.99. The third kappa shape index (κ3) is 2.54. The minimum atomic E-state index is -0.0301. The van der Waals surface area contributed by atoms with Gasteiger partial charge in [-0.3, -0.25) is 4.79 Å². The van der Waals surface area contributed by atoms with Crippen LogP contribution in [0.15, 0.2) is 23.7 Å². The SMILES string of the molecule is Cc1ccnc(NC(=O)c2csc3c2CCCC3)c1. The molecule has 0 spiro atoms. The second-order valence-corrected chi connectivity index (χ2v) is 5.89. The Morgan fingerprint density at radius 3 is 3.05 bits per heavy atom. The third-order valence-corrected chi connectivity index (χ3v) is 4.55. The largest absolute Gasteiger partial charge is 0.307 e. The monoisotopic (exact) mass is 272 g/mol. The lowest BCUT2D eigenvalue weighted by atomic mass is 9.96. The fraction of sp³-hybridized carbons (Fsp3) is 0.333. The van der Waals surface area contributed by atoms with Crippen LogP contribution in [0.5, 0.6) is 0 Å². The Bertz CT molecular complexity index is 618. The van der Waals surface area contributed by atoms with Crippen LogP contribution < -0.4 is 5.32 Å². The zero-order valence-electron chi connectivity index (χ0n) is 10.9. The molecular weight excluding hydrogens is 256 g/mol. The molecule has 3 nitrogen and oxygen atoms in total. The molecule has 3 rings (SSSR count). The molecule has 0 unspecified atom stereocenters. The summed E-state index contributed by atoms with van der Waals surface area (Å²) in [6, 6.07) is 3.80. The molecule has 2 aromatic rings. The number of amides is 1. The number of anilines is 1. The standard InChI is InChI=1S/C15H16N2OS/c1-10-6-7-16-14(8-10)17-15(18)12-9-19-13-5-3-2-4-11(12)13/h6-9H,2-5H2,1H3,(H,16,17,18). The summed E-state index contributed by atoms with van der Waals surface area (Å²) < 4.78 is 0. The van der Waals surface area contributed by atoms with E-state index >= 15 is 0 Å². The molecule has 1 N–H and O–H groups in total. The Balaban J connectivity index is 1.83. The van der Waals surface area contributed by atoms with Gasteiger partial charge in [-0.15, -0.1) is 11.3 Å². The maximum atomic E-state index is 12.3. The predicted octanol–water partition coefficient (Wildman–Crippen LogP) is 3.58. The van der Waals surface area contributed by atoms with Crippen molar-refractivity contribution in [2.45, 2.75) is 32.6 Å². The summed E-state index contributed by atoms with van der Waals surface area (Å²) >= 11 is 1.71. The van der Waals surface area contributed by atoms with Crippen LogP contribution in [-0.4, -0.2) is 10.9 Å². The van der Waals surface area contributed by atoms with E-state index in [-0.39, 0.29) is 5.91 Å². The van der Waals surface area contributed by atoms with E-state index in [4.69, 9.17) is 0 Å². The van der Waals surface area contributed by atoms with E-state index in [0.29, 0.717) is 5.82 Å². The molecule has 2 aromatic heterocycles. The predicted molar refractivity (Wildman–Crippen MR) is 77.9 cm³/mol. The number of carbonyl (C=O) groups excluding carboxylic acids is 1. The van der Waals surface area contributed by atoms with Crippen molar-refractivity contribution in [2.24, 2.45) is 0 Å². The summed E-state index contributed by atoms with van der Waals surface area (Å²) in [6.07, 6.45) is 6.30. The number of pyridine rings is 1. The van der Waals surface area contributed by atoms with Crippen molar-refractivity contribution in [1.29, 1.82) is 0 Å². The molecule has 4 heteroatoms. The molecule has 0 atom stereocenters. The summed E-state index contributed by atoms with van der Waals surface area (Å²) in [4.78, 5) is 17.9. The lowest BCUT2D eigenvalue weighted by Crippen LogP contribution is -2.15. The first kappa shape index (κ1) is 12.4. The summed E-state index contributed by atoms with van der Waals surface area (Å²) in [5.74, 6) is 0.596. The summed E-state index contributed by atoms with van der Waals surface area (Å²) in [7, 11) is 0. The first-order chi connectivity index (χ1) is 9.24. The Morgan fingerprint density at radius 2 is 2.21 bits per heavy atom. The van der Waals surface area contributed by atoms with Crippen molar-refractivity contribution in [3.05, 3.63) is 45.3 Å². The van der Waals surface area contributed by atoms with Gasteiger partial charge in [0.05, 0.1) is 5.56 Å². The quantitative estimate of drug-likeness (QED) is 0.908. The second kappa shape index (κ2) is 5.13. The fourth-order valence-corrected chi connectivity index (χ4v) is 3.60. The Hall–Kier alpha value is -1.68. The lowest BCUT2D eigenvalue weighted by Gasteiger charge is -2.12. The average molecular weight is 272 g/mol. The number of aromatic nitrogens is 1. The van der Waals surface area contributed by atoms with Gasteiger partial charge in [0.2, 0.25) is 0 Å². The van der Waals surface area contributed by atoms with Crippen LogP contribution in [0.1, 0.15) is 39.2 Å².